The Labute approximate surface area is 191 Å². The number of carbonyl (C=O) groups is 1. The second kappa shape index (κ2) is 9.08. The SMILES string of the molecule is COc1ccc(C)c2sc(C(=O)C3CCC(NCc4ccc5c(c4)OCCO5)CC3)nc12. The van der Waals surface area contributed by atoms with Gasteiger partial charge < -0.3 is 19.5 Å². The van der Waals surface area contributed by atoms with Crippen LogP contribution in [0.25, 0.3) is 10.2 Å². The van der Waals surface area contributed by atoms with E-state index in [1.54, 1.807) is 7.11 Å². The van der Waals surface area contributed by atoms with Gasteiger partial charge in [0.25, 0.3) is 0 Å². The maximum absolute atomic E-state index is 13.2. The summed E-state index contributed by atoms with van der Waals surface area (Å²) >= 11 is 1.50. The molecule has 32 heavy (non-hydrogen) atoms. The molecular formula is C25H28N2O4S. The van der Waals surface area contributed by atoms with Gasteiger partial charge in [0.05, 0.1) is 11.8 Å². The molecule has 0 bridgehead atoms. The number of Topliss-reactive ketones (excluding diaryl/α,β-unsaturated/α-hetero) is 1. The van der Waals surface area contributed by atoms with Gasteiger partial charge in [-0.3, -0.25) is 4.79 Å². The first-order valence-electron chi connectivity index (χ1n) is 11.2. The molecule has 0 saturated heterocycles. The van der Waals surface area contributed by atoms with Crippen LogP contribution in [0, 0.1) is 12.8 Å². The van der Waals surface area contributed by atoms with Gasteiger partial charge >= 0.3 is 0 Å². The molecule has 6 nitrogen and oxygen atoms in total. The first-order chi connectivity index (χ1) is 15.6. The van der Waals surface area contributed by atoms with Crippen LogP contribution in [0.15, 0.2) is 30.3 Å². The highest BCUT2D eigenvalue weighted by atomic mass is 32.1. The summed E-state index contributed by atoms with van der Waals surface area (Å²) in [5.41, 5.74) is 3.12. The Balaban J connectivity index is 1.18. The van der Waals surface area contributed by atoms with E-state index in [1.165, 1.54) is 16.9 Å². The van der Waals surface area contributed by atoms with Gasteiger partial charge in [0.15, 0.2) is 22.3 Å². The lowest BCUT2D eigenvalue weighted by Crippen LogP contribution is -2.34. The zero-order chi connectivity index (χ0) is 22.1. The second-order valence-corrected chi connectivity index (χ2v) is 9.55. The van der Waals surface area contributed by atoms with E-state index < -0.39 is 0 Å². The van der Waals surface area contributed by atoms with Crippen molar-refractivity contribution in [1.82, 2.24) is 10.3 Å². The van der Waals surface area contributed by atoms with Crippen LogP contribution in [-0.4, -0.2) is 37.1 Å². The summed E-state index contributed by atoms with van der Waals surface area (Å²) in [6.07, 6.45) is 3.77. The molecule has 2 heterocycles. The lowest BCUT2D eigenvalue weighted by Gasteiger charge is -2.28. The topological polar surface area (TPSA) is 69.7 Å². The van der Waals surface area contributed by atoms with Gasteiger partial charge in [-0.25, -0.2) is 4.98 Å². The maximum Gasteiger partial charge on any atom is 0.194 e. The quantitative estimate of drug-likeness (QED) is 0.536. The fourth-order valence-electron chi connectivity index (χ4n) is 4.57. The fourth-order valence-corrected chi connectivity index (χ4v) is 5.64. The number of fused-ring (bicyclic) bond motifs is 2. The van der Waals surface area contributed by atoms with Crippen LogP contribution >= 0.6 is 11.3 Å². The van der Waals surface area contributed by atoms with Crippen molar-refractivity contribution in [3.63, 3.8) is 0 Å². The Hall–Kier alpha value is -2.64. The summed E-state index contributed by atoms with van der Waals surface area (Å²) in [5.74, 6) is 2.61. The molecular weight excluding hydrogens is 424 g/mol. The van der Waals surface area contributed by atoms with Crippen molar-refractivity contribution in [2.45, 2.75) is 45.2 Å². The van der Waals surface area contributed by atoms with Crippen LogP contribution in [0.3, 0.4) is 0 Å². The third-order valence-electron chi connectivity index (χ3n) is 6.43. The number of rotatable bonds is 6. The Morgan fingerprint density at radius 3 is 2.69 bits per heavy atom. The van der Waals surface area contributed by atoms with E-state index in [-0.39, 0.29) is 11.7 Å². The molecule has 1 aromatic heterocycles. The summed E-state index contributed by atoms with van der Waals surface area (Å²) < 4.78 is 17.8. The first kappa shape index (κ1) is 21.2. The van der Waals surface area contributed by atoms with E-state index in [2.05, 4.69) is 22.4 Å². The van der Waals surface area contributed by atoms with E-state index in [9.17, 15) is 4.79 Å². The average Bonchev–Trinajstić information content (AvgIpc) is 3.29. The number of aryl methyl sites for hydroxylation is 1. The summed E-state index contributed by atoms with van der Waals surface area (Å²) in [6, 6.07) is 10.5. The van der Waals surface area contributed by atoms with Gasteiger partial charge in [-0.2, -0.15) is 0 Å². The van der Waals surface area contributed by atoms with Gasteiger partial charge in [-0.05, 0) is 61.9 Å². The molecule has 0 spiro atoms. The zero-order valence-corrected chi connectivity index (χ0v) is 19.3. The van der Waals surface area contributed by atoms with Crippen molar-refractivity contribution in [2.75, 3.05) is 20.3 Å². The summed E-state index contributed by atoms with van der Waals surface area (Å²) in [5, 5.41) is 4.26. The molecule has 3 aromatic rings. The third kappa shape index (κ3) is 4.19. The number of ketones is 1. The molecule has 1 aliphatic heterocycles. The molecule has 0 radical (unpaired) electrons. The van der Waals surface area contributed by atoms with Crippen molar-refractivity contribution in [3.8, 4) is 17.2 Å². The number of hydrogen-bond acceptors (Lipinski definition) is 7. The van der Waals surface area contributed by atoms with E-state index in [1.807, 2.05) is 25.1 Å². The highest BCUT2D eigenvalue weighted by Gasteiger charge is 2.29. The van der Waals surface area contributed by atoms with Crippen LogP contribution in [-0.2, 0) is 6.54 Å². The number of benzene rings is 2. The minimum atomic E-state index is 0.0502. The van der Waals surface area contributed by atoms with Crippen molar-refractivity contribution >= 4 is 27.3 Å². The number of methoxy groups -OCH3 is 1. The van der Waals surface area contributed by atoms with Crippen LogP contribution in [0.4, 0.5) is 0 Å². The number of thiazole rings is 1. The Kier molecular flexibility index (Phi) is 6.02. The summed E-state index contributed by atoms with van der Waals surface area (Å²) in [4.78, 5) is 17.8. The number of aromatic nitrogens is 1. The van der Waals surface area contributed by atoms with Crippen LogP contribution < -0.4 is 19.5 Å². The minimum absolute atomic E-state index is 0.0502. The Morgan fingerprint density at radius 2 is 1.91 bits per heavy atom. The molecule has 7 heteroatoms. The van der Waals surface area contributed by atoms with Crippen molar-refractivity contribution < 1.29 is 19.0 Å². The second-order valence-electron chi connectivity index (χ2n) is 8.55. The molecule has 2 aromatic carbocycles. The molecule has 1 N–H and O–H groups in total. The monoisotopic (exact) mass is 452 g/mol. The van der Waals surface area contributed by atoms with E-state index in [0.717, 1.165) is 65.3 Å². The largest absolute Gasteiger partial charge is 0.494 e. The smallest absolute Gasteiger partial charge is 0.194 e. The normalized spacial score (nSPS) is 20.3. The molecule has 5 rings (SSSR count). The highest BCUT2D eigenvalue weighted by molar-refractivity contribution is 7.20. The standard InChI is InChI=1S/C25H28N2O4S/c1-15-3-9-20(29-2)22-24(15)32-25(27-22)23(28)17-5-7-18(8-6-17)26-14-16-4-10-19-21(13-16)31-12-11-30-19/h3-4,9-10,13,17-18,26H,5-8,11-12,14H2,1-2H3. The summed E-state index contributed by atoms with van der Waals surface area (Å²) in [6.45, 7) is 4.04. The Morgan fingerprint density at radius 1 is 1.12 bits per heavy atom. The molecule has 0 amide bonds. The number of hydrogen-bond donors (Lipinski definition) is 1. The predicted molar refractivity (Wildman–Crippen MR) is 125 cm³/mol. The first-order valence-corrected chi connectivity index (χ1v) is 12.0. The van der Waals surface area contributed by atoms with E-state index in [4.69, 9.17) is 14.2 Å². The van der Waals surface area contributed by atoms with Crippen LogP contribution in [0.2, 0.25) is 0 Å². The van der Waals surface area contributed by atoms with Crippen LogP contribution in [0.1, 0.15) is 46.6 Å². The lowest BCUT2D eigenvalue weighted by atomic mass is 9.83. The van der Waals surface area contributed by atoms with Crippen LogP contribution in [0.5, 0.6) is 17.2 Å². The van der Waals surface area contributed by atoms with Gasteiger partial charge in [0.1, 0.15) is 24.5 Å². The average molecular weight is 453 g/mol. The summed E-state index contributed by atoms with van der Waals surface area (Å²) in [7, 11) is 1.64. The maximum atomic E-state index is 13.2. The minimum Gasteiger partial charge on any atom is -0.494 e. The van der Waals surface area contributed by atoms with Gasteiger partial charge in [0, 0.05) is 18.5 Å². The van der Waals surface area contributed by atoms with Crippen molar-refractivity contribution in [3.05, 3.63) is 46.5 Å². The van der Waals surface area contributed by atoms with E-state index >= 15 is 0 Å². The zero-order valence-electron chi connectivity index (χ0n) is 18.5. The molecule has 2 aliphatic rings. The number of nitrogens with zero attached hydrogens (tertiary/aromatic N) is 1. The molecule has 1 aliphatic carbocycles. The van der Waals surface area contributed by atoms with E-state index in [0.29, 0.717) is 24.3 Å². The van der Waals surface area contributed by atoms with Gasteiger partial charge in [0.2, 0.25) is 0 Å². The molecule has 0 atom stereocenters. The van der Waals surface area contributed by atoms with Gasteiger partial charge in [-0.1, -0.05) is 12.1 Å². The third-order valence-corrected chi connectivity index (χ3v) is 7.64. The number of nitrogens with one attached hydrogen (secondary N) is 1. The van der Waals surface area contributed by atoms with Gasteiger partial charge in [-0.15, -0.1) is 11.3 Å². The Bertz CT molecular complexity index is 1130. The predicted octanol–water partition coefficient (Wildman–Crippen LogP) is 4.92. The van der Waals surface area contributed by atoms with Crippen molar-refractivity contribution in [1.29, 1.82) is 0 Å². The highest BCUT2D eigenvalue weighted by Crippen LogP contribution is 2.36. The fraction of sp³-hybridized carbons (Fsp3) is 0.440. The van der Waals surface area contributed by atoms with Crippen molar-refractivity contribution in [2.24, 2.45) is 5.92 Å². The number of carbonyl (C=O) groups excluding carboxylic acids is 1. The molecule has 168 valence electrons. The number of ether oxygens (including phenoxy) is 3. The molecule has 1 fully saturated rings. The lowest BCUT2D eigenvalue weighted by molar-refractivity contribution is 0.0879. The molecule has 1 saturated carbocycles. The molecule has 0 unspecified atom stereocenters.